The molecule has 115 heavy (non-hydrogen) atoms. The van der Waals surface area contributed by atoms with E-state index in [1.165, 1.54) is 128 Å². The number of hydrogen-bond acceptors (Lipinski definition) is 31. The summed E-state index contributed by atoms with van der Waals surface area (Å²) in [4.78, 5) is 164. The van der Waals surface area contributed by atoms with Gasteiger partial charge in [0, 0.05) is 53.2 Å². The van der Waals surface area contributed by atoms with E-state index in [-0.39, 0.29) is 79.1 Å². The number of carboxylic acids is 6. The highest BCUT2D eigenvalue weighted by molar-refractivity contribution is 6.11. The molecule has 0 atom stereocenters. The number of amides is 1. The molecule has 0 bridgehead atoms. The molecule has 0 fully saturated rings. The van der Waals surface area contributed by atoms with E-state index >= 15 is 0 Å². The van der Waals surface area contributed by atoms with Crippen molar-refractivity contribution in [3.8, 4) is 11.5 Å². The lowest BCUT2D eigenvalue weighted by Crippen LogP contribution is -2.16. The maximum atomic E-state index is 12.4. The molecule has 0 saturated carbocycles. The first-order valence-corrected chi connectivity index (χ1v) is 31.6. The molecule has 0 saturated heterocycles. The Hall–Kier alpha value is -17.8. The van der Waals surface area contributed by atoms with Crippen LogP contribution < -0.4 is 36.6 Å². The van der Waals surface area contributed by atoms with Crippen molar-refractivity contribution in [2.45, 2.75) is 6.92 Å². The SMILES string of the molecule is Cc1nc(Nc2ccccc2C(=O)O)nc(Nc2ccccc2C(=O)O)c1[N+](=O)[O-].O=C(O)COc1ccc(Nc2c([N+](=O)[O-])cc([N+](=O)[O-])c3cccnc23)cc1.O=C(O)c1cc([N+](=O)[O-])c(Nc2ccc(C(=O)O)c(O)c2)c([N+](=O)[O-])c1.O=C(O)c1ccccc1C(=O)Nc1ccc(Nc2ccc([N+](=O)[O-])cc2[N+](=O)[O-])cc1. The number of nitro groups is 7. The van der Waals surface area contributed by atoms with Crippen LogP contribution in [0.25, 0.3) is 10.9 Å². The van der Waals surface area contributed by atoms with Gasteiger partial charge in [-0.2, -0.15) is 4.98 Å². The maximum absolute atomic E-state index is 12.4. The van der Waals surface area contributed by atoms with Gasteiger partial charge in [-0.05, 0) is 122 Å². The van der Waals surface area contributed by atoms with Crippen molar-refractivity contribution < 1.29 is 109 Å². The monoisotopic (exact) mass is 1580 g/mol. The van der Waals surface area contributed by atoms with Crippen molar-refractivity contribution in [1.82, 2.24) is 15.0 Å². The van der Waals surface area contributed by atoms with E-state index in [2.05, 4.69) is 46.9 Å². The second kappa shape index (κ2) is 36.6. The lowest BCUT2D eigenvalue weighted by atomic mass is 10.1. The first-order valence-electron chi connectivity index (χ1n) is 31.6. The van der Waals surface area contributed by atoms with Gasteiger partial charge < -0.3 is 72.4 Å². The zero-order valence-corrected chi connectivity index (χ0v) is 57.8. The summed E-state index contributed by atoms with van der Waals surface area (Å²) in [6, 6.07) is 41.2. The minimum Gasteiger partial charge on any atom is -0.507 e. The standard InChI is InChI=1S/C20H14N4O7.C19H15N5O6.C17H12N4O7.C14H9N3O9/c25-19(15-3-1-2-4-16(15)20(26)27)22-13-7-5-12(6-8-13)21-17-10-9-14(23(28)29)11-18(17)24(30)31;1-10-15(24(29)30)16(21-13-8-4-2-6-11(13)17(25)26)23-19(20-10)22-14-9-5-3-7-12(14)18(27)28;22-15(23)9-28-11-5-3-10(4-6-11)19-17-14(21(26)27)8-13(20(24)25)12-2-1-7-18-16(12)17;18-11-5-7(1-2-8(11)14(21)22)15-12-9(16(23)24)3-6(13(19)20)4-10(12)17(25)26/h1-11,21H,(H,22,25)(H,26,27);2-9H,1H3,(H,25,26)(H,27,28)(H2,20,21,22,23);1-8,19H,9H2,(H,22,23);1-5,15,18H,(H,19,20)(H,21,22). The van der Waals surface area contributed by atoms with Gasteiger partial charge in [0.15, 0.2) is 12.3 Å². The van der Waals surface area contributed by atoms with Crippen LogP contribution in [0.4, 0.5) is 103 Å². The third-order valence-corrected chi connectivity index (χ3v) is 15.2. The van der Waals surface area contributed by atoms with Crippen LogP contribution in [0.1, 0.15) is 67.8 Å². The Kier molecular flexibility index (Phi) is 26.4. The number of ether oxygens (including phenoxy) is 1. The quantitative estimate of drug-likeness (QED) is 0.0168. The predicted molar refractivity (Wildman–Crippen MR) is 401 cm³/mol. The molecule has 0 unspecified atom stereocenters. The summed E-state index contributed by atoms with van der Waals surface area (Å²) in [5.74, 6) is -9.07. The number of aromatic hydroxyl groups is 1. The van der Waals surface area contributed by atoms with Gasteiger partial charge in [0.2, 0.25) is 11.8 Å². The van der Waals surface area contributed by atoms with E-state index in [1.807, 2.05) is 0 Å². The number of carboxylic acid groups (broad SMARTS) is 6. The number of aliphatic carboxylic acids is 1. The number of non-ortho nitro benzene ring substituents is 2. The normalized spacial score (nSPS) is 10.3. The van der Waals surface area contributed by atoms with Crippen LogP contribution in [0.3, 0.4) is 0 Å². The first-order chi connectivity index (χ1) is 54.5. The molecule has 11 rings (SSSR count). The number of fused-ring (bicyclic) bond motifs is 1. The maximum Gasteiger partial charge on any atom is 0.341 e. The van der Waals surface area contributed by atoms with Crippen molar-refractivity contribution in [3.63, 3.8) is 0 Å². The second-order valence-corrected chi connectivity index (χ2v) is 22.7. The van der Waals surface area contributed by atoms with E-state index < -0.39 is 145 Å². The molecule has 45 heteroatoms. The van der Waals surface area contributed by atoms with E-state index in [0.717, 1.165) is 36.4 Å². The number of phenols is 1. The van der Waals surface area contributed by atoms with Crippen LogP contribution >= 0.6 is 0 Å². The highest BCUT2D eigenvalue weighted by atomic mass is 16.7. The molecule has 0 radical (unpaired) electrons. The van der Waals surface area contributed by atoms with Crippen LogP contribution in [0.5, 0.6) is 11.5 Å². The Balaban J connectivity index is 0.000000192. The molecule has 0 spiro atoms. The number of anilines is 11. The van der Waals surface area contributed by atoms with Crippen molar-refractivity contribution in [1.29, 1.82) is 0 Å². The molecule has 0 aliphatic carbocycles. The largest absolute Gasteiger partial charge is 0.507 e. The van der Waals surface area contributed by atoms with Crippen molar-refractivity contribution in [2.75, 3.05) is 38.5 Å². The van der Waals surface area contributed by atoms with Crippen LogP contribution in [0, 0.1) is 77.7 Å². The number of nitrogens with zero attached hydrogens (tertiary/aromatic N) is 10. The molecule has 1 amide bonds. The molecule has 11 aromatic rings. The summed E-state index contributed by atoms with van der Waals surface area (Å²) in [5, 5.41) is 159. The van der Waals surface area contributed by atoms with Crippen LogP contribution in [-0.2, 0) is 4.79 Å². The zero-order chi connectivity index (χ0) is 84.2. The molecule has 2 heterocycles. The van der Waals surface area contributed by atoms with Crippen molar-refractivity contribution in [2.24, 2.45) is 0 Å². The fourth-order valence-electron chi connectivity index (χ4n) is 10.1. The average Bonchev–Trinajstić information content (AvgIpc) is 0.391. The Morgan fingerprint density at radius 3 is 1.41 bits per heavy atom. The van der Waals surface area contributed by atoms with Gasteiger partial charge >= 0.3 is 58.6 Å². The van der Waals surface area contributed by atoms with Gasteiger partial charge in [-0.1, -0.05) is 36.4 Å². The Labute approximate surface area is 637 Å². The smallest absolute Gasteiger partial charge is 0.341 e. The number of carbonyl (C=O) groups is 7. The first kappa shape index (κ1) is 82.8. The van der Waals surface area contributed by atoms with Crippen LogP contribution in [-0.4, -0.2) is 133 Å². The highest BCUT2D eigenvalue weighted by Gasteiger charge is 2.32. The van der Waals surface area contributed by atoms with Gasteiger partial charge in [0.05, 0.1) is 91.2 Å². The molecular weight excluding hydrogens is 1530 g/mol. The fraction of sp³-hybridized carbons (Fsp3) is 0.0286. The number of carbonyl (C=O) groups excluding carboxylic acids is 1. The molecule has 0 aliphatic heterocycles. The summed E-state index contributed by atoms with van der Waals surface area (Å²) in [6.45, 7) is 0.886. The molecule has 0 aliphatic rings. The van der Waals surface area contributed by atoms with Gasteiger partial charge in [0.1, 0.15) is 39.6 Å². The Morgan fingerprint density at radius 1 is 0.409 bits per heavy atom. The zero-order valence-electron chi connectivity index (χ0n) is 57.8. The van der Waals surface area contributed by atoms with E-state index in [9.17, 15) is 125 Å². The van der Waals surface area contributed by atoms with E-state index in [0.29, 0.717) is 34.9 Å². The second-order valence-electron chi connectivity index (χ2n) is 22.7. The molecular formula is C70H50N16O29. The Morgan fingerprint density at radius 2 is 0.896 bits per heavy atom. The summed E-state index contributed by atoms with van der Waals surface area (Å²) >= 11 is 0. The molecule has 13 N–H and O–H groups in total. The fourth-order valence-corrected chi connectivity index (χ4v) is 10.1. The third kappa shape index (κ3) is 21.1. The van der Waals surface area contributed by atoms with Crippen LogP contribution in [0.2, 0.25) is 0 Å². The summed E-state index contributed by atoms with van der Waals surface area (Å²) in [5.41, 5.74) is -4.39. The van der Waals surface area contributed by atoms with Gasteiger partial charge in [-0.15, -0.1) is 0 Å². The molecule has 9 aromatic carbocycles. The Bertz CT molecular complexity index is 5760. The van der Waals surface area contributed by atoms with E-state index in [4.69, 9.17) is 20.1 Å². The van der Waals surface area contributed by atoms with Crippen molar-refractivity contribution in [3.05, 3.63) is 304 Å². The minimum atomic E-state index is -1.59. The minimum absolute atomic E-state index is 0.000567. The van der Waals surface area contributed by atoms with Gasteiger partial charge in [-0.3, -0.25) is 80.6 Å². The number of aryl methyl sites for hydroxylation is 1. The number of aromatic carboxylic acids is 5. The third-order valence-electron chi connectivity index (χ3n) is 15.2. The number of hydrogen-bond donors (Lipinski definition) is 13. The van der Waals surface area contributed by atoms with Crippen molar-refractivity contribution >= 4 is 155 Å². The summed E-state index contributed by atoms with van der Waals surface area (Å²) in [6.07, 6.45) is 1.38. The lowest BCUT2D eigenvalue weighted by Gasteiger charge is -2.13. The average molecular weight is 1580 g/mol. The number of pyridine rings is 1. The highest BCUT2D eigenvalue weighted by Crippen LogP contribution is 2.42. The number of para-hydroxylation sites is 2. The number of rotatable bonds is 27. The van der Waals surface area contributed by atoms with Gasteiger partial charge in [-0.25, -0.2) is 33.8 Å². The van der Waals surface area contributed by atoms with Gasteiger partial charge in [0.25, 0.3) is 23.0 Å². The van der Waals surface area contributed by atoms with Crippen LogP contribution in [0.15, 0.2) is 194 Å². The molecule has 584 valence electrons. The number of nitro benzene ring substituents is 6. The summed E-state index contributed by atoms with van der Waals surface area (Å²) in [7, 11) is 0. The number of aromatic nitrogens is 3. The topological polar surface area (TPSA) is 683 Å². The summed E-state index contributed by atoms with van der Waals surface area (Å²) < 4.78 is 5.02. The number of benzene rings is 9. The molecule has 45 nitrogen and oxygen atoms in total. The van der Waals surface area contributed by atoms with E-state index in [1.54, 1.807) is 24.3 Å². The number of nitrogens with one attached hydrogen (secondary N) is 6. The molecule has 2 aromatic heterocycles. The lowest BCUT2D eigenvalue weighted by molar-refractivity contribution is -0.393. The predicted octanol–water partition coefficient (Wildman–Crippen LogP) is 13.4.